The van der Waals surface area contributed by atoms with Crippen molar-refractivity contribution in [2.45, 2.75) is 46.2 Å². The highest BCUT2D eigenvalue weighted by Gasteiger charge is 2.37. The molecule has 14 heavy (non-hydrogen) atoms. The predicted octanol–water partition coefficient (Wildman–Crippen LogP) is 3.48. The van der Waals surface area contributed by atoms with Crippen molar-refractivity contribution >= 4 is 20.7 Å². The highest BCUT2D eigenvalue weighted by Crippen LogP contribution is 2.40. The summed E-state index contributed by atoms with van der Waals surface area (Å²) in [5.41, 5.74) is 0. The van der Waals surface area contributed by atoms with Gasteiger partial charge in [-0.05, 0) is 27.7 Å². The second kappa shape index (κ2) is 6.58. The van der Waals surface area contributed by atoms with Gasteiger partial charge in [-0.15, -0.1) is 0 Å². The highest BCUT2D eigenvalue weighted by atomic mass is 35.5. The molecule has 0 rings (SSSR count). The molecule has 0 aromatic rings. The molecule has 0 atom stereocenters. The van der Waals surface area contributed by atoms with Crippen molar-refractivity contribution in [2.75, 3.05) is 6.61 Å². The van der Waals surface area contributed by atoms with Crippen molar-refractivity contribution < 1.29 is 8.30 Å². The fourth-order valence-electron chi connectivity index (χ4n) is 1.01. The molecule has 0 amide bonds. The Kier molecular flexibility index (Phi) is 6.64. The van der Waals surface area contributed by atoms with Crippen molar-refractivity contribution in [3.8, 4) is 6.07 Å². The van der Waals surface area contributed by atoms with Crippen molar-refractivity contribution in [1.82, 2.24) is 0 Å². The first-order chi connectivity index (χ1) is 6.45. The van der Waals surface area contributed by atoms with Crippen molar-refractivity contribution in [3.05, 3.63) is 0 Å². The molecule has 0 aromatic carbocycles. The van der Waals surface area contributed by atoms with E-state index < -0.39 is 0 Å². The number of nitrogens with zero attached hydrogens (tertiary/aromatic N) is 2. The minimum atomic E-state index is 0.292. The van der Waals surface area contributed by atoms with E-state index in [9.17, 15) is 0 Å². The van der Waals surface area contributed by atoms with E-state index in [1.165, 1.54) is 0 Å². The maximum Gasteiger partial charge on any atom is 0.392 e. The van der Waals surface area contributed by atoms with Gasteiger partial charge < -0.3 is 0 Å². The molecule has 0 aliphatic rings. The Morgan fingerprint density at radius 1 is 1.36 bits per heavy atom. The molecule has 0 saturated carbocycles. The van der Waals surface area contributed by atoms with Crippen LogP contribution in [0.3, 0.4) is 0 Å². The summed E-state index contributed by atoms with van der Waals surface area (Å²) in [4.78, 5) is 0. The first kappa shape index (κ1) is 14.1. The van der Waals surface area contributed by atoms with Gasteiger partial charge >= 0.3 is 8.96 Å². The molecule has 0 saturated heterocycles. The van der Waals surface area contributed by atoms with E-state index in [0.29, 0.717) is 37.8 Å². The zero-order valence-electron chi connectivity index (χ0n) is 9.20. The summed E-state index contributed by atoms with van der Waals surface area (Å²) >= 11 is 6.41. The quantitative estimate of drug-likeness (QED) is 0.402. The molecule has 0 aliphatic heterocycles. The molecule has 3 nitrogen and oxygen atoms in total. The van der Waals surface area contributed by atoms with Crippen molar-refractivity contribution in [3.63, 3.8) is 0 Å². The Hall–Kier alpha value is 0.130. The van der Waals surface area contributed by atoms with E-state index in [2.05, 4.69) is 27.7 Å². The normalized spacial score (nSPS) is 13.0. The van der Waals surface area contributed by atoms with Crippen LogP contribution in [0.5, 0.6) is 0 Å². The minimum Gasteiger partial charge on any atom is -0.299 e. The molecule has 0 aliphatic carbocycles. The van der Waals surface area contributed by atoms with E-state index in [1.54, 1.807) is 0 Å². The van der Waals surface area contributed by atoms with Gasteiger partial charge in [0.2, 0.25) is 0 Å². The number of nitriles is 1. The van der Waals surface area contributed by atoms with Gasteiger partial charge in [-0.2, -0.15) is 9.03 Å². The largest absolute Gasteiger partial charge is 0.392 e. The van der Waals surface area contributed by atoms with Gasteiger partial charge in [-0.25, -0.2) is 0 Å². The van der Waals surface area contributed by atoms with Crippen LogP contribution in [0.2, 0.25) is 0 Å². The average molecular weight is 237 g/mol. The predicted molar refractivity (Wildman–Crippen MR) is 59.5 cm³/mol. The van der Waals surface area contributed by atoms with Gasteiger partial charge in [0.15, 0.2) is 11.8 Å². The lowest BCUT2D eigenvalue weighted by molar-refractivity contribution is -0.735. The van der Waals surface area contributed by atoms with E-state index in [0.717, 1.165) is 0 Å². The number of quaternary nitrogens is 1. The Balaban J connectivity index is 4.06. The molecule has 5 heteroatoms. The van der Waals surface area contributed by atoms with Crippen LogP contribution in [0.4, 0.5) is 0 Å². The fraction of sp³-hybridized carbons (Fsp3) is 0.889. The van der Waals surface area contributed by atoms with Crippen LogP contribution in [0.25, 0.3) is 0 Å². The summed E-state index contributed by atoms with van der Waals surface area (Å²) in [6, 6.07) is 2.62. The second-order valence-electron chi connectivity index (χ2n) is 3.66. The van der Waals surface area contributed by atoms with Crippen LogP contribution in [0.15, 0.2) is 0 Å². The topological polar surface area (TPSA) is 33.0 Å². The van der Waals surface area contributed by atoms with Gasteiger partial charge in [0.25, 0.3) is 0 Å². The molecule has 0 spiro atoms. The SMILES string of the molecule is CC(C)[N+](Cl)([P]OCCC#N)C(C)C. The summed E-state index contributed by atoms with van der Waals surface area (Å²) in [6.45, 7) is 8.70. The first-order valence-corrected chi connectivity index (χ1v) is 5.85. The summed E-state index contributed by atoms with van der Waals surface area (Å²) in [6.07, 6.45) is 0.417. The molecule has 1 radical (unpaired) electrons. The zero-order chi connectivity index (χ0) is 11.2. The standard InChI is InChI=1S/C9H18ClN2OP/c1-8(2)12(10,9(3)4)14-13-7-5-6-11/h8-9H,5,7H2,1-4H3/q+1. The third kappa shape index (κ3) is 4.11. The third-order valence-corrected chi connectivity index (χ3v) is 4.37. The molecule has 0 aromatic heterocycles. The van der Waals surface area contributed by atoms with Crippen LogP contribution < -0.4 is 0 Å². The molecule has 81 valence electrons. The van der Waals surface area contributed by atoms with Crippen molar-refractivity contribution in [1.29, 1.82) is 5.26 Å². The first-order valence-electron chi connectivity index (χ1n) is 4.74. The lowest BCUT2D eigenvalue weighted by atomic mass is 10.3. The Morgan fingerprint density at radius 3 is 2.21 bits per heavy atom. The lowest BCUT2D eigenvalue weighted by Crippen LogP contribution is -2.42. The fourth-order valence-corrected chi connectivity index (χ4v) is 1.86. The Bertz CT molecular complexity index is 195. The number of halogens is 1. The summed E-state index contributed by atoms with van der Waals surface area (Å²) in [7, 11) is 0.715. The van der Waals surface area contributed by atoms with E-state index in [4.69, 9.17) is 21.6 Å². The highest BCUT2D eigenvalue weighted by molar-refractivity contribution is 7.26. The summed E-state index contributed by atoms with van der Waals surface area (Å²) in [5.74, 6) is 0. The second-order valence-corrected chi connectivity index (χ2v) is 5.54. The summed E-state index contributed by atoms with van der Waals surface area (Å²) < 4.78 is 5.69. The summed E-state index contributed by atoms with van der Waals surface area (Å²) in [5, 5.41) is 8.34. The average Bonchev–Trinajstić information content (AvgIpc) is 2.11. The number of hydrogen-bond donors (Lipinski definition) is 0. The van der Waals surface area contributed by atoms with Crippen LogP contribution >= 0.6 is 20.7 Å². The van der Waals surface area contributed by atoms with Gasteiger partial charge in [0, 0.05) is 0 Å². The van der Waals surface area contributed by atoms with Crippen LogP contribution in [-0.2, 0) is 4.52 Å². The molecular formula is C9H18ClN2OP+. The molecule has 0 unspecified atom stereocenters. The molecule has 0 N–H and O–H groups in total. The van der Waals surface area contributed by atoms with Crippen LogP contribution in [0.1, 0.15) is 34.1 Å². The molecule has 0 fully saturated rings. The van der Waals surface area contributed by atoms with Crippen molar-refractivity contribution in [2.24, 2.45) is 0 Å². The van der Waals surface area contributed by atoms with Crippen LogP contribution in [0, 0.1) is 11.3 Å². The smallest absolute Gasteiger partial charge is 0.299 e. The maximum atomic E-state index is 8.34. The minimum absolute atomic E-state index is 0.292. The van der Waals surface area contributed by atoms with E-state index >= 15 is 0 Å². The monoisotopic (exact) mass is 236 g/mol. The van der Waals surface area contributed by atoms with E-state index in [-0.39, 0.29) is 0 Å². The molecular weight excluding hydrogens is 219 g/mol. The number of hydrogen-bond acceptors (Lipinski definition) is 2. The van der Waals surface area contributed by atoms with E-state index in [1.807, 2.05) is 6.07 Å². The van der Waals surface area contributed by atoms with Gasteiger partial charge in [-0.1, -0.05) is 0 Å². The van der Waals surface area contributed by atoms with Gasteiger partial charge in [-0.3, -0.25) is 4.52 Å². The molecule has 0 bridgehead atoms. The van der Waals surface area contributed by atoms with Gasteiger partial charge in [0.1, 0.15) is 12.1 Å². The van der Waals surface area contributed by atoms with Crippen LogP contribution in [-0.4, -0.2) is 22.5 Å². The zero-order valence-corrected chi connectivity index (χ0v) is 10.8. The Morgan fingerprint density at radius 2 is 1.86 bits per heavy atom. The lowest BCUT2D eigenvalue weighted by Gasteiger charge is -2.33. The van der Waals surface area contributed by atoms with Gasteiger partial charge in [0.05, 0.1) is 19.1 Å². The Labute approximate surface area is 93.6 Å². The molecule has 0 heterocycles. The number of rotatable bonds is 6. The third-order valence-electron chi connectivity index (χ3n) is 1.94. The maximum absolute atomic E-state index is 8.34.